The van der Waals surface area contributed by atoms with Crippen molar-refractivity contribution < 1.29 is 18.4 Å². The Morgan fingerprint density at radius 1 is 0.923 bits per heavy atom. The number of anilines is 1. The molecule has 2 heterocycles. The average Bonchev–Trinajstić information content (AvgIpc) is 3.51. The minimum absolute atomic E-state index is 0.155. The van der Waals surface area contributed by atoms with Gasteiger partial charge in [-0.15, -0.1) is 0 Å². The lowest BCUT2D eigenvalue weighted by atomic mass is 9.93. The van der Waals surface area contributed by atoms with E-state index in [0.717, 1.165) is 73.1 Å². The molecule has 1 aliphatic rings. The monoisotopic (exact) mass is 519 g/mol. The predicted molar refractivity (Wildman–Crippen MR) is 152 cm³/mol. The van der Waals surface area contributed by atoms with Gasteiger partial charge < -0.3 is 14.2 Å². The zero-order valence-electron chi connectivity index (χ0n) is 22.2. The van der Waals surface area contributed by atoms with E-state index in [4.69, 9.17) is 8.83 Å². The van der Waals surface area contributed by atoms with E-state index in [9.17, 15) is 9.59 Å². The molecule has 0 aliphatic heterocycles. The molecule has 2 amide bonds. The highest BCUT2D eigenvalue weighted by Crippen LogP contribution is 2.31. The lowest BCUT2D eigenvalue weighted by Crippen LogP contribution is -2.23. The molecule has 2 aromatic heterocycles. The summed E-state index contributed by atoms with van der Waals surface area (Å²) in [5, 5.41) is 10.4. The number of nitrogens with one attached hydrogen (secondary N) is 2. The molecule has 7 heteroatoms. The third-order valence-electron chi connectivity index (χ3n) is 7.58. The third-order valence-corrected chi connectivity index (χ3v) is 7.58. The molecule has 196 valence electrons. The molecule has 0 spiro atoms. The molecule has 6 rings (SSSR count). The maximum Gasteiger partial charge on any atom is 0.291 e. The van der Waals surface area contributed by atoms with Crippen molar-refractivity contribution in [2.45, 2.75) is 46.5 Å². The Morgan fingerprint density at radius 2 is 1.74 bits per heavy atom. The molecule has 0 atom stereocenters. The molecule has 0 radical (unpaired) electrons. The van der Waals surface area contributed by atoms with E-state index < -0.39 is 0 Å². The van der Waals surface area contributed by atoms with Crippen molar-refractivity contribution in [1.29, 1.82) is 0 Å². The number of hydrogen-bond acceptors (Lipinski definition) is 5. The van der Waals surface area contributed by atoms with Crippen molar-refractivity contribution >= 4 is 45.0 Å². The standard InChI is InChI=1S/C32H29N3O4/c1-18-14-15-24-22(17-38-30(24)19(18)2)16-28(36)35-34-26-12-7-13-27-29(26)20(3)31(39-27)32(37)33-25-11-6-9-21-8-4-5-10-23(21)25/h4-6,8-11,14-15,17H,7,12-13,16H2,1-3H3,(H,33,37)(H,35,36)/b34-26+. The van der Waals surface area contributed by atoms with Crippen LogP contribution >= 0.6 is 0 Å². The Bertz CT molecular complexity index is 1790. The van der Waals surface area contributed by atoms with Crippen molar-refractivity contribution in [3.8, 4) is 0 Å². The number of carbonyl (C=O) groups is 2. The molecule has 3 aromatic carbocycles. The number of fused-ring (bicyclic) bond motifs is 3. The van der Waals surface area contributed by atoms with Gasteiger partial charge in [-0.3, -0.25) is 9.59 Å². The van der Waals surface area contributed by atoms with Crippen molar-refractivity contribution in [3.63, 3.8) is 0 Å². The third kappa shape index (κ3) is 4.50. The van der Waals surface area contributed by atoms with Crippen LogP contribution in [0.2, 0.25) is 0 Å². The maximum absolute atomic E-state index is 13.3. The van der Waals surface area contributed by atoms with Gasteiger partial charge in [0.1, 0.15) is 11.3 Å². The van der Waals surface area contributed by atoms with Gasteiger partial charge in [-0.2, -0.15) is 5.10 Å². The minimum Gasteiger partial charge on any atom is -0.464 e. The molecule has 39 heavy (non-hydrogen) atoms. The van der Waals surface area contributed by atoms with Crippen LogP contribution in [0.4, 0.5) is 5.69 Å². The molecular weight excluding hydrogens is 490 g/mol. The van der Waals surface area contributed by atoms with Crippen molar-refractivity contribution in [1.82, 2.24) is 5.43 Å². The Kier molecular flexibility index (Phi) is 6.27. The predicted octanol–water partition coefficient (Wildman–Crippen LogP) is 6.76. The fourth-order valence-corrected chi connectivity index (χ4v) is 5.38. The van der Waals surface area contributed by atoms with E-state index in [1.807, 2.05) is 75.4 Å². The summed E-state index contributed by atoms with van der Waals surface area (Å²) in [6.45, 7) is 5.92. The van der Waals surface area contributed by atoms with Crippen LogP contribution in [-0.4, -0.2) is 17.5 Å². The summed E-state index contributed by atoms with van der Waals surface area (Å²) in [6, 6.07) is 17.7. The normalized spacial score (nSPS) is 14.1. The van der Waals surface area contributed by atoms with Crippen molar-refractivity contribution in [3.05, 3.63) is 100 Å². The topological polar surface area (TPSA) is 96.8 Å². The van der Waals surface area contributed by atoms with Crippen LogP contribution < -0.4 is 10.7 Å². The van der Waals surface area contributed by atoms with Gasteiger partial charge in [0.15, 0.2) is 5.76 Å². The molecule has 5 aromatic rings. The van der Waals surface area contributed by atoms with Crippen LogP contribution in [0.5, 0.6) is 0 Å². The average molecular weight is 520 g/mol. The lowest BCUT2D eigenvalue weighted by Gasteiger charge is -2.13. The molecular formula is C32H29N3O4. The second kappa shape index (κ2) is 9.91. The number of aryl methyl sites for hydroxylation is 3. The number of amides is 2. The van der Waals surface area contributed by atoms with E-state index in [0.29, 0.717) is 12.8 Å². The molecule has 0 unspecified atom stereocenters. The van der Waals surface area contributed by atoms with Gasteiger partial charge in [-0.1, -0.05) is 48.5 Å². The number of hydrazone groups is 1. The van der Waals surface area contributed by atoms with Crippen LogP contribution in [0.1, 0.15) is 57.0 Å². The number of nitrogens with zero attached hydrogens (tertiary/aromatic N) is 1. The van der Waals surface area contributed by atoms with Gasteiger partial charge in [0.25, 0.3) is 5.91 Å². The highest BCUT2D eigenvalue weighted by Gasteiger charge is 2.28. The number of hydrogen-bond donors (Lipinski definition) is 2. The van der Waals surface area contributed by atoms with E-state index in [1.165, 1.54) is 0 Å². The quantitative estimate of drug-likeness (QED) is 0.251. The minimum atomic E-state index is -0.306. The van der Waals surface area contributed by atoms with Gasteiger partial charge in [0, 0.05) is 39.6 Å². The largest absolute Gasteiger partial charge is 0.464 e. The van der Waals surface area contributed by atoms with E-state index in [1.54, 1.807) is 6.26 Å². The number of carbonyl (C=O) groups excluding carboxylic acids is 2. The summed E-state index contributed by atoms with van der Waals surface area (Å²) in [5.41, 5.74) is 9.55. The molecule has 7 nitrogen and oxygen atoms in total. The highest BCUT2D eigenvalue weighted by atomic mass is 16.4. The fraction of sp³-hybridized carbons (Fsp3) is 0.219. The molecule has 0 saturated carbocycles. The van der Waals surface area contributed by atoms with E-state index >= 15 is 0 Å². The number of benzene rings is 3. The first-order chi connectivity index (χ1) is 18.9. The molecule has 1 aliphatic carbocycles. The van der Waals surface area contributed by atoms with Gasteiger partial charge in [0.2, 0.25) is 5.91 Å². The van der Waals surface area contributed by atoms with Crippen LogP contribution in [0, 0.1) is 20.8 Å². The summed E-state index contributed by atoms with van der Waals surface area (Å²) in [5.74, 6) is 0.454. The van der Waals surface area contributed by atoms with Gasteiger partial charge in [-0.05, 0) is 56.2 Å². The first kappa shape index (κ1) is 24.7. The summed E-state index contributed by atoms with van der Waals surface area (Å²) in [6.07, 6.45) is 4.02. The Balaban J connectivity index is 1.21. The first-order valence-electron chi connectivity index (χ1n) is 13.1. The maximum atomic E-state index is 13.3. The zero-order chi connectivity index (χ0) is 27.1. The summed E-state index contributed by atoms with van der Waals surface area (Å²) >= 11 is 0. The van der Waals surface area contributed by atoms with E-state index in [-0.39, 0.29) is 24.0 Å². The SMILES string of the molecule is Cc1ccc2c(CC(=O)N/N=C3\CCCc4oc(C(=O)Nc5cccc6ccccc56)c(C)c43)coc2c1C. The molecule has 0 saturated heterocycles. The molecule has 0 bridgehead atoms. The Morgan fingerprint density at radius 3 is 2.62 bits per heavy atom. The molecule has 0 fully saturated rings. The van der Waals surface area contributed by atoms with Crippen LogP contribution in [0.15, 0.2) is 74.8 Å². The van der Waals surface area contributed by atoms with E-state index in [2.05, 4.69) is 15.8 Å². The van der Waals surface area contributed by atoms with Crippen molar-refractivity contribution in [2.24, 2.45) is 5.10 Å². The second-order valence-electron chi connectivity index (χ2n) is 10.1. The second-order valence-corrected chi connectivity index (χ2v) is 10.1. The van der Waals surface area contributed by atoms with Gasteiger partial charge in [-0.25, -0.2) is 5.43 Å². The number of furan rings is 2. The fourth-order valence-electron chi connectivity index (χ4n) is 5.38. The smallest absolute Gasteiger partial charge is 0.291 e. The first-order valence-corrected chi connectivity index (χ1v) is 13.1. The summed E-state index contributed by atoms with van der Waals surface area (Å²) < 4.78 is 11.8. The Hall–Kier alpha value is -4.65. The molecule has 2 N–H and O–H groups in total. The van der Waals surface area contributed by atoms with Gasteiger partial charge >= 0.3 is 0 Å². The van der Waals surface area contributed by atoms with Gasteiger partial charge in [0.05, 0.1) is 18.4 Å². The summed E-state index contributed by atoms with van der Waals surface area (Å²) in [4.78, 5) is 26.1. The summed E-state index contributed by atoms with van der Waals surface area (Å²) in [7, 11) is 0. The van der Waals surface area contributed by atoms with Crippen molar-refractivity contribution in [2.75, 3.05) is 5.32 Å². The highest BCUT2D eigenvalue weighted by molar-refractivity contribution is 6.11. The van der Waals surface area contributed by atoms with Crippen LogP contribution in [0.25, 0.3) is 21.7 Å². The van der Waals surface area contributed by atoms with Crippen LogP contribution in [-0.2, 0) is 17.6 Å². The number of rotatable bonds is 5. The lowest BCUT2D eigenvalue weighted by molar-refractivity contribution is -0.120. The zero-order valence-corrected chi connectivity index (χ0v) is 22.2. The van der Waals surface area contributed by atoms with Crippen LogP contribution in [0.3, 0.4) is 0 Å². The Labute approximate surface area is 225 Å².